The van der Waals surface area contributed by atoms with Gasteiger partial charge in [0.05, 0.1) is 14.2 Å². The quantitative estimate of drug-likeness (QED) is 0.464. The third-order valence-corrected chi connectivity index (χ3v) is 7.80. The van der Waals surface area contributed by atoms with Crippen molar-refractivity contribution >= 4 is 11.8 Å². The van der Waals surface area contributed by atoms with Gasteiger partial charge in [0.2, 0.25) is 24.1 Å². The zero-order valence-electron chi connectivity index (χ0n) is 20.9. The second-order valence-corrected chi connectivity index (χ2v) is 9.54. The first-order valence-electron chi connectivity index (χ1n) is 11.8. The summed E-state index contributed by atoms with van der Waals surface area (Å²) >= 11 is 0. The Balaban J connectivity index is 1.83. The monoisotopic (exact) mass is 482 g/mol. The number of methoxy groups -OCH3 is 2. The average molecular weight is 483 g/mol. The summed E-state index contributed by atoms with van der Waals surface area (Å²) < 4.78 is 35.4. The third-order valence-electron chi connectivity index (χ3n) is 7.80. The number of hydrogen-bond acceptors (Lipinski definition) is 8. The molecule has 35 heavy (non-hydrogen) atoms. The Kier molecular flexibility index (Phi) is 5.57. The van der Waals surface area contributed by atoms with E-state index in [2.05, 4.69) is 13.8 Å². The van der Waals surface area contributed by atoms with Crippen LogP contribution in [0.5, 0.6) is 17.2 Å². The van der Waals surface area contributed by atoms with E-state index in [1.807, 2.05) is 6.07 Å². The predicted molar refractivity (Wildman–Crippen MR) is 125 cm³/mol. The van der Waals surface area contributed by atoms with Crippen molar-refractivity contribution < 1.29 is 38.0 Å². The smallest absolute Gasteiger partial charge is 0.333 e. The molecule has 8 heteroatoms. The van der Waals surface area contributed by atoms with Crippen molar-refractivity contribution in [3.8, 4) is 17.2 Å². The fourth-order valence-electron chi connectivity index (χ4n) is 5.62. The molecule has 2 aliphatic carbocycles. The van der Waals surface area contributed by atoms with Crippen molar-refractivity contribution in [2.75, 3.05) is 27.6 Å². The van der Waals surface area contributed by atoms with E-state index in [9.17, 15) is 9.59 Å². The highest BCUT2D eigenvalue weighted by molar-refractivity contribution is 6.05. The van der Waals surface area contributed by atoms with Crippen LogP contribution in [-0.2, 0) is 29.2 Å². The van der Waals surface area contributed by atoms with Gasteiger partial charge in [0.15, 0.2) is 17.3 Å². The lowest BCUT2D eigenvalue weighted by Crippen LogP contribution is -2.42. The molecule has 0 bridgehead atoms. The highest BCUT2D eigenvalue weighted by atomic mass is 16.7. The molecule has 4 aliphatic rings. The van der Waals surface area contributed by atoms with Crippen molar-refractivity contribution in [2.45, 2.75) is 45.6 Å². The fraction of sp³-hybridized carbons (Fsp3) is 0.481. The van der Waals surface area contributed by atoms with Crippen molar-refractivity contribution in [3.05, 3.63) is 52.0 Å². The predicted octanol–water partition coefficient (Wildman–Crippen LogP) is 4.29. The molecule has 5 rings (SSSR count). The van der Waals surface area contributed by atoms with Gasteiger partial charge in [-0.1, -0.05) is 19.9 Å². The van der Waals surface area contributed by atoms with Gasteiger partial charge in [-0.05, 0) is 43.9 Å². The van der Waals surface area contributed by atoms with Gasteiger partial charge < -0.3 is 28.4 Å². The molecule has 0 saturated heterocycles. The van der Waals surface area contributed by atoms with Gasteiger partial charge in [0, 0.05) is 22.6 Å². The van der Waals surface area contributed by atoms with Crippen LogP contribution in [0.25, 0.3) is 0 Å². The highest BCUT2D eigenvalue weighted by Gasteiger charge is 2.58. The van der Waals surface area contributed by atoms with Crippen LogP contribution in [-0.4, -0.2) is 39.4 Å². The molecule has 0 unspecified atom stereocenters. The lowest BCUT2D eigenvalue weighted by molar-refractivity contribution is -0.148. The summed E-state index contributed by atoms with van der Waals surface area (Å²) in [4.78, 5) is 26.0. The molecule has 0 fully saturated rings. The van der Waals surface area contributed by atoms with Gasteiger partial charge in [-0.15, -0.1) is 0 Å². The number of fused-ring (bicyclic) bond motifs is 2. The molecule has 0 aromatic heterocycles. The first-order valence-corrected chi connectivity index (χ1v) is 11.8. The van der Waals surface area contributed by atoms with Crippen molar-refractivity contribution in [2.24, 2.45) is 11.8 Å². The van der Waals surface area contributed by atoms with E-state index < -0.39 is 11.5 Å². The average Bonchev–Trinajstić information content (AvgIpc) is 3.47. The Morgan fingerprint density at radius 2 is 1.91 bits per heavy atom. The summed E-state index contributed by atoms with van der Waals surface area (Å²) in [5.74, 6) is 1.45. The molecule has 0 N–H and O–H groups in total. The molecule has 1 aromatic carbocycles. The molecular weight excluding hydrogens is 452 g/mol. The summed E-state index contributed by atoms with van der Waals surface area (Å²) in [5, 5.41) is 0. The lowest BCUT2D eigenvalue weighted by Gasteiger charge is -2.42. The van der Waals surface area contributed by atoms with Crippen LogP contribution in [0.1, 0.15) is 51.3 Å². The van der Waals surface area contributed by atoms with Crippen LogP contribution >= 0.6 is 0 Å². The highest BCUT2D eigenvalue weighted by Crippen LogP contribution is 2.62. The number of esters is 1. The fourth-order valence-corrected chi connectivity index (χ4v) is 5.62. The molecule has 2 aliphatic heterocycles. The van der Waals surface area contributed by atoms with Crippen LogP contribution in [0, 0.1) is 11.8 Å². The molecule has 2 heterocycles. The largest absolute Gasteiger partial charge is 0.496 e. The van der Waals surface area contributed by atoms with Crippen molar-refractivity contribution in [3.63, 3.8) is 0 Å². The van der Waals surface area contributed by atoms with Gasteiger partial charge in [-0.25, -0.2) is 4.79 Å². The molecular formula is C27H30O8. The van der Waals surface area contributed by atoms with E-state index in [1.54, 1.807) is 26.0 Å². The van der Waals surface area contributed by atoms with Crippen molar-refractivity contribution in [1.29, 1.82) is 0 Å². The number of rotatable bonds is 4. The van der Waals surface area contributed by atoms with E-state index in [4.69, 9.17) is 28.4 Å². The van der Waals surface area contributed by atoms with Crippen molar-refractivity contribution in [1.82, 2.24) is 0 Å². The van der Waals surface area contributed by atoms with E-state index >= 15 is 0 Å². The maximum absolute atomic E-state index is 13.0. The van der Waals surface area contributed by atoms with E-state index in [-0.39, 0.29) is 42.7 Å². The molecule has 4 atom stereocenters. The number of carbonyl (C=O) groups excluding carboxylic acids is 2. The molecule has 8 nitrogen and oxygen atoms in total. The maximum atomic E-state index is 13.0. The van der Waals surface area contributed by atoms with Crippen LogP contribution in [0.2, 0.25) is 0 Å². The minimum atomic E-state index is -0.922. The first kappa shape index (κ1) is 23.3. The second kappa shape index (κ2) is 8.36. The molecule has 0 saturated carbocycles. The molecule has 186 valence electrons. The molecule has 0 radical (unpaired) electrons. The summed E-state index contributed by atoms with van der Waals surface area (Å²) in [5.41, 5.74) is 2.00. The SMILES string of the molecule is CC=C(C)C(=O)O[C@H]1c2cc3c(c4c2[C@@]2(CO4)C(=CC(=O)C(OC)=C2OC)C[C@@H](C)[C@H]1C)OCO3. The Hall–Kier alpha value is -3.42. The number of hydrogen-bond donors (Lipinski definition) is 0. The van der Waals surface area contributed by atoms with Gasteiger partial charge in [-0.3, -0.25) is 4.79 Å². The van der Waals surface area contributed by atoms with Gasteiger partial charge >= 0.3 is 5.97 Å². The second-order valence-electron chi connectivity index (χ2n) is 9.54. The third kappa shape index (κ3) is 3.18. The van der Waals surface area contributed by atoms with Crippen LogP contribution in [0.3, 0.4) is 0 Å². The van der Waals surface area contributed by atoms with Crippen LogP contribution in [0.15, 0.2) is 40.9 Å². The summed E-state index contributed by atoms with van der Waals surface area (Å²) in [7, 11) is 2.98. The van der Waals surface area contributed by atoms with E-state index in [0.29, 0.717) is 35.0 Å². The standard InChI is InChI=1S/C27H30O8/c1-7-13(2)26(29)35-21-15(4)14(3)8-16-9-18(28)22(30-5)25(31-6)27(16)11-32-24-20(27)17(21)10-19-23(24)34-12-33-19/h7,9-10,14-15,21H,8,11-12H2,1-6H3/t14-,15-,21-,27-/m1/s1. The zero-order chi connectivity index (χ0) is 25.1. The molecule has 0 amide bonds. The number of ketones is 1. The number of allylic oxidation sites excluding steroid dienone is 2. The number of benzene rings is 1. The van der Waals surface area contributed by atoms with Crippen LogP contribution in [0.4, 0.5) is 0 Å². The van der Waals surface area contributed by atoms with Gasteiger partial charge in [0.25, 0.3) is 0 Å². The Morgan fingerprint density at radius 1 is 1.14 bits per heavy atom. The topological polar surface area (TPSA) is 89.5 Å². The first-order chi connectivity index (χ1) is 16.8. The summed E-state index contributed by atoms with van der Waals surface area (Å²) in [6.07, 6.45) is 3.38. The number of ether oxygens (including phenoxy) is 6. The lowest BCUT2D eigenvalue weighted by atomic mass is 9.62. The van der Waals surface area contributed by atoms with Crippen LogP contribution < -0.4 is 14.2 Å². The van der Waals surface area contributed by atoms with Gasteiger partial charge in [0.1, 0.15) is 18.1 Å². The summed E-state index contributed by atoms with van der Waals surface area (Å²) in [6, 6.07) is 1.88. The van der Waals surface area contributed by atoms with Gasteiger partial charge in [-0.2, -0.15) is 0 Å². The molecule has 1 aromatic rings. The molecule has 1 spiro atoms. The maximum Gasteiger partial charge on any atom is 0.333 e. The Labute approximate surface area is 204 Å². The van der Waals surface area contributed by atoms with E-state index in [0.717, 1.165) is 16.7 Å². The Bertz CT molecular complexity index is 1210. The zero-order valence-corrected chi connectivity index (χ0v) is 20.9. The number of carbonyl (C=O) groups is 2. The summed E-state index contributed by atoms with van der Waals surface area (Å²) in [6.45, 7) is 7.96. The van der Waals surface area contributed by atoms with E-state index in [1.165, 1.54) is 14.2 Å². The Morgan fingerprint density at radius 3 is 2.60 bits per heavy atom. The normalized spacial score (nSPS) is 28.9. The minimum absolute atomic E-state index is 0.0627. The minimum Gasteiger partial charge on any atom is -0.496 e.